The van der Waals surface area contributed by atoms with E-state index in [4.69, 9.17) is 5.73 Å². The van der Waals surface area contributed by atoms with Crippen molar-refractivity contribution in [3.05, 3.63) is 0 Å². The second-order valence-electron chi connectivity index (χ2n) is 5.37. The maximum Gasteiger partial charge on any atom is 0.242 e. The van der Waals surface area contributed by atoms with Gasteiger partial charge in [-0.25, -0.2) is 0 Å². The molecule has 0 aromatic carbocycles. The molecule has 1 rings (SSSR count). The number of nitrogens with two attached hydrogens (primary N) is 1. The maximum atomic E-state index is 12.3. The first-order valence-electron chi connectivity index (χ1n) is 6.68. The topological polar surface area (TPSA) is 66.6 Å². The Morgan fingerprint density at radius 2 is 1.89 bits per heavy atom. The molecule has 1 fully saturated rings. The van der Waals surface area contributed by atoms with Gasteiger partial charge in [-0.1, -0.05) is 6.92 Å². The molecular formula is C13H25N3O2. The lowest BCUT2D eigenvalue weighted by Gasteiger charge is -2.31. The molecule has 1 aliphatic heterocycles. The van der Waals surface area contributed by atoms with E-state index in [-0.39, 0.29) is 18.4 Å². The molecule has 5 nitrogen and oxygen atoms in total. The van der Waals surface area contributed by atoms with Crippen LogP contribution in [0.25, 0.3) is 0 Å². The Morgan fingerprint density at radius 3 is 2.33 bits per heavy atom. The summed E-state index contributed by atoms with van der Waals surface area (Å²) in [4.78, 5) is 27.6. The third-order valence-corrected chi connectivity index (χ3v) is 3.93. The monoisotopic (exact) mass is 255 g/mol. The molecular weight excluding hydrogens is 230 g/mol. The second kappa shape index (κ2) is 6.18. The summed E-state index contributed by atoms with van der Waals surface area (Å²) in [6, 6.07) is 0. The molecule has 1 unspecified atom stereocenters. The molecule has 5 heteroatoms. The van der Waals surface area contributed by atoms with Gasteiger partial charge in [0.05, 0.1) is 12.0 Å². The van der Waals surface area contributed by atoms with E-state index in [0.29, 0.717) is 13.0 Å². The molecule has 2 amide bonds. The largest absolute Gasteiger partial charge is 0.341 e. The summed E-state index contributed by atoms with van der Waals surface area (Å²) in [5.74, 6) is -0.00104. The van der Waals surface area contributed by atoms with Crippen LogP contribution in [0.2, 0.25) is 0 Å². The van der Waals surface area contributed by atoms with Gasteiger partial charge in [0.15, 0.2) is 0 Å². The minimum atomic E-state index is -0.556. The number of hydrogen-bond donors (Lipinski definition) is 1. The minimum absolute atomic E-state index is 0.0406. The summed E-state index contributed by atoms with van der Waals surface area (Å²) in [5, 5.41) is 0. The van der Waals surface area contributed by atoms with Gasteiger partial charge in [-0.15, -0.1) is 0 Å². The highest BCUT2D eigenvalue weighted by molar-refractivity contribution is 5.87. The van der Waals surface area contributed by atoms with Crippen LogP contribution in [0.15, 0.2) is 0 Å². The predicted molar refractivity (Wildman–Crippen MR) is 70.9 cm³/mol. The highest BCUT2D eigenvalue weighted by Crippen LogP contribution is 2.22. The smallest absolute Gasteiger partial charge is 0.242 e. The zero-order valence-electron chi connectivity index (χ0n) is 11.7. The van der Waals surface area contributed by atoms with Crippen molar-refractivity contribution >= 4 is 11.8 Å². The maximum absolute atomic E-state index is 12.3. The Balaban J connectivity index is 2.56. The fraction of sp³-hybridized carbons (Fsp3) is 0.846. The van der Waals surface area contributed by atoms with Crippen LogP contribution in [0, 0.1) is 5.41 Å². The van der Waals surface area contributed by atoms with Crippen LogP contribution < -0.4 is 5.73 Å². The summed E-state index contributed by atoms with van der Waals surface area (Å²) >= 11 is 0. The summed E-state index contributed by atoms with van der Waals surface area (Å²) in [6.07, 6.45) is 2.82. The lowest BCUT2D eigenvalue weighted by Crippen LogP contribution is -2.48. The minimum Gasteiger partial charge on any atom is -0.341 e. The normalized spacial score (nSPS) is 18.6. The molecule has 0 aromatic heterocycles. The van der Waals surface area contributed by atoms with Crippen molar-refractivity contribution in [3.8, 4) is 0 Å². The predicted octanol–water partition coefficient (Wildman–Crippen LogP) is 0.442. The van der Waals surface area contributed by atoms with Crippen molar-refractivity contribution in [3.63, 3.8) is 0 Å². The van der Waals surface area contributed by atoms with Crippen molar-refractivity contribution < 1.29 is 9.59 Å². The first kappa shape index (κ1) is 15.0. The molecule has 18 heavy (non-hydrogen) atoms. The number of hydrogen-bond acceptors (Lipinski definition) is 3. The molecule has 2 N–H and O–H groups in total. The van der Waals surface area contributed by atoms with Crippen LogP contribution in [0.1, 0.15) is 33.1 Å². The zero-order chi connectivity index (χ0) is 13.8. The fourth-order valence-electron chi connectivity index (χ4n) is 2.18. The zero-order valence-corrected chi connectivity index (χ0v) is 11.7. The number of likely N-dealkylation sites (N-methyl/N-ethyl adjacent to an activating group) is 1. The van der Waals surface area contributed by atoms with Crippen molar-refractivity contribution in [2.24, 2.45) is 11.1 Å². The SMILES string of the molecule is CCC(C)(CN)C(=O)N(C)CC(=O)N1CCCC1. The molecule has 0 radical (unpaired) electrons. The van der Waals surface area contributed by atoms with Crippen molar-refractivity contribution in [1.29, 1.82) is 0 Å². The number of carbonyl (C=O) groups excluding carboxylic acids is 2. The second-order valence-corrected chi connectivity index (χ2v) is 5.37. The van der Waals surface area contributed by atoms with Gasteiger partial charge in [0.1, 0.15) is 0 Å². The summed E-state index contributed by atoms with van der Waals surface area (Å²) in [5.41, 5.74) is 5.11. The fourth-order valence-corrected chi connectivity index (χ4v) is 2.18. The molecule has 1 saturated heterocycles. The quantitative estimate of drug-likeness (QED) is 0.775. The van der Waals surface area contributed by atoms with Crippen LogP contribution >= 0.6 is 0 Å². The highest BCUT2D eigenvalue weighted by Gasteiger charge is 2.33. The van der Waals surface area contributed by atoms with Gasteiger partial charge in [-0.2, -0.15) is 0 Å². The Morgan fingerprint density at radius 1 is 1.33 bits per heavy atom. The number of likely N-dealkylation sites (tertiary alicyclic amines) is 1. The van der Waals surface area contributed by atoms with Gasteiger partial charge < -0.3 is 15.5 Å². The van der Waals surface area contributed by atoms with Crippen LogP contribution in [0.3, 0.4) is 0 Å². The average Bonchev–Trinajstić information content (AvgIpc) is 2.90. The number of amides is 2. The number of rotatable bonds is 5. The highest BCUT2D eigenvalue weighted by atomic mass is 16.2. The van der Waals surface area contributed by atoms with Gasteiger partial charge in [0, 0.05) is 26.7 Å². The molecule has 0 bridgehead atoms. The molecule has 0 saturated carbocycles. The summed E-state index contributed by atoms with van der Waals surface area (Å²) in [6.45, 7) is 5.91. The van der Waals surface area contributed by atoms with E-state index >= 15 is 0 Å². The molecule has 1 aliphatic rings. The van der Waals surface area contributed by atoms with Crippen LogP contribution in [-0.4, -0.2) is 54.8 Å². The molecule has 1 atom stereocenters. The standard InChI is InChI=1S/C13H25N3O2/c1-4-13(2,10-14)12(18)15(3)9-11(17)16-7-5-6-8-16/h4-10,14H2,1-3H3. The van der Waals surface area contributed by atoms with Crippen molar-refractivity contribution in [1.82, 2.24) is 9.80 Å². The van der Waals surface area contributed by atoms with Gasteiger partial charge in [0.2, 0.25) is 11.8 Å². The van der Waals surface area contributed by atoms with Gasteiger partial charge in [0.25, 0.3) is 0 Å². The number of carbonyl (C=O) groups is 2. The van der Waals surface area contributed by atoms with E-state index in [1.54, 1.807) is 7.05 Å². The Kier molecular flexibility index (Phi) is 5.14. The first-order chi connectivity index (χ1) is 8.44. The van der Waals surface area contributed by atoms with E-state index in [9.17, 15) is 9.59 Å². The molecule has 0 aromatic rings. The Hall–Kier alpha value is -1.10. The van der Waals surface area contributed by atoms with E-state index in [0.717, 1.165) is 25.9 Å². The van der Waals surface area contributed by atoms with E-state index < -0.39 is 5.41 Å². The summed E-state index contributed by atoms with van der Waals surface area (Å²) < 4.78 is 0. The molecule has 1 heterocycles. The van der Waals surface area contributed by atoms with Crippen LogP contribution in [0.4, 0.5) is 0 Å². The van der Waals surface area contributed by atoms with E-state index in [2.05, 4.69) is 0 Å². The lowest BCUT2D eigenvalue weighted by molar-refractivity contribution is -0.144. The van der Waals surface area contributed by atoms with Crippen molar-refractivity contribution in [2.75, 3.05) is 33.2 Å². The third-order valence-electron chi connectivity index (χ3n) is 3.93. The van der Waals surface area contributed by atoms with Crippen LogP contribution in [-0.2, 0) is 9.59 Å². The van der Waals surface area contributed by atoms with Crippen LogP contribution in [0.5, 0.6) is 0 Å². The average molecular weight is 255 g/mol. The van der Waals surface area contributed by atoms with E-state index in [1.165, 1.54) is 4.90 Å². The Labute approximate surface area is 109 Å². The molecule has 0 aliphatic carbocycles. The number of nitrogens with zero attached hydrogens (tertiary/aromatic N) is 2. The van der Waals surface area contributed by atoms with Gasteiger partial charge >= 0.3 is 0 Å². The summed E-state index contributed by atoms with van der Waals surface area (Å²) in [7, 11) is 1.68. The first-order valence-corrected chi connectivity index (χ1v) is 6.68. The van der Waals surface area contributed by atoms with E-state index in [1.807, 2.05) is 18.7 Å². The molecule has 104 valence electrons. The third kappa shape index (κ3) is 3.22. The lowest BCUT2D eigenvalue weighted by atomic mass is 9.86. The van der Waals surface area contributed by atoms with Crippen molar-refractivity contribution in [2.45, 2.75) is 33.1 Å². The Bertz CT molecular complexity index is 307. The van der Waals surface area contributed by atoms with Gasteiger partial charge in [-0.05, 0) is 26.2 Å². The molecule has 0 spiro atoms. The van der Waals surface area contributed by atoms with Gasteiger partial charge in [-0.3, -0.25) is 9.59 Å².